The molecule has 0 amide bonds. The van der Waals surface area contributed by atoms with Crippen molar-refractivity contribution in [3.8, 4) is 0 Å². The van der Waals surface area contributed by atoms with E-state index in [0.29, 0.717) is 0 Å². The summed E-state index contributed by atoms with van der Waals surface area (Å²) in [5, 5.41) is 0. The number of ketones is 1. The quantitative estimate of drug-likeness (QED) is 0.611. The van der Waals surface area contributed by atoms with Crippen LogP contribution in [0.3, 0.4) is 0 Å². The highest BCUT2D eigenvalue weighted by Gasteiger charge is 2.43. The summed E-state index contributed by atoms with van der Waals surface area (Å²) >= 11 is 0. The van der Waals surface area contributed by atoms with Crippen molar-refractivity contribution in [3.63, 3.8) is 0 Å². The molecular formula is C7H10F3NO. The van der Waals surface area contributed by atoms with Gasteiger partial charge in [-0.3, -0.25) is 4.79 Å². The first kappa shape index (κ1) is 9.51. The van der Waals surface area contributed by atoms with E-state index in [4.69, 9.17) is 5.73 Å². The molecule has 0 bridgehead atoms. The number of carbonyl (C=O) groups excluding carboxylic acids is 1. The van der Waals surface area contributed by atoms with Crippen molar-refractivity contribution in [2.75, 3.05) is 0 Å². The Labute approximate surface area is 67.9 Å². The van der Waals surface area contributed by atoms with Gasteiger partial charge in [-0.15, -0.1) is 0 Å². The van der Waals surface area contributed by atoms with Gasteiger partial charge in [0.05, 0.1) is 12.0 Å². The average Bonchev–Trinajstić information content (AvgIpc) is 1.92. The van der Waals surface area contributed by atoms with Crippen molar-refractivity contribution in [1.29, 1.82) is 0 Å². The first-order valence-electron chi connectivity index (χ1n) is 3.76. The molecular weight excluding hydrogens is 171 g/mol. The average molecular weight is 181 g/mol. The van der Waals surface area contributed by atoms with Crippen LogP contribution in [-0.2, 0) is 4.79 Å². The van der Waals surface area contributed by atoms with Crippen molar-refractivity contribution in [2.24, 2.45) is 11.7 Å². The van der Waals surface area contributed by atoms with Gasteiger partial charge in [-0.2, -0.15) is 13.2 Å². The molecule has 2 atom stereocenters. The zero-order valence-electron chi connectivity index (χ0n) is 6.40. The molecule has 0 unspecified atom stereocenters. The molecule has 0 aromatic rings. The maximum atomic E-state index is 12.1. The van der Waals surface area contributed by atoms with E-state index in [1.807, 2.05) is 0 Å². The van der Waals surface area contributed by atoms with E-state index in [0.717, 1.165) is 0 Å². The van der Waals surface area contributed by atoms with Crippen LogP contribution in [0.1, 0.15) is 19.3 Å². The molecule has 0 heterocycles. The summed E-state index contributed by atoms with van der Waals surface area (Å²) in [6, 6.07) is -0.912. The van der Waals surface area contributed by atoms with Gasteiger partial charge < -0.3 is 5.73 Å². The fourth-order valence-electron chi connectivity index (χ4n) is 1.36. The van der Waals surface area contributed by atoms with Crippen LogP contribution in [0, 0.1) is 5.92 Å². The molecule has 1 aliphatic carbocycles. The zero-order chi connectivity index (χ0) is 9.35. The van der Waals surface area contributed by atoms with E-state index in [1.54, 1.807) is 0 Å². The van der Waals surface area contributed by atoms with E-state index in [2.05, 4.69) is 0 Å². The molecule has 2 N–H and O–H groups in total. The first-order valence-corrected chi connectivity index (χ1v) is 3.76. The summed E-state index contributed by atoms with van der Waals surface area (Å²) in [5.74, 6) is -1.64. The molecule has 2 nitrogen and oxygen atoms in total. The lowest BCUT2D eigenvalue weighted by molar-refractivity contribution is -0.183. The van der Waals surface area contributed by atoms with Crippen molar-refractivity contribution in [3.05, 3.63) is 0 Å². The molecule has 70 valence electrons. The second-order valence-corrected chi connectivity index (χ2v) is 3.09. The van der Waals surface area contributed by atoms with Gasteiger partial charge in [0.1, 0.15) is 5.78 Å². The minimum absolute atomic E-state index is 0.0364. The fourth-order valence-corrected chi connectivity index (χ4v) is 1.36. The van der Waals surface area contributed by atoms with Crippen molar-refractivity contribution < 1.29 is 18.0 Å². The number of nitrogens with two attached hydrogens (primary N) is 1. The van der Waals surface area contributed by atoms with Crippen LogP contribution in [-0.4, -0.2) is 18.0 Å². The molecule has 1 rings (SSSR count). The molecule has 0 spiro atoms. The van der Waals surface area contributed by atoms with Crippen LogP contribution in [0.4, 0.5) is 13.2 Å². The summed E-state index contributed by atoms with van der Waals surface area (Å²) in [6.45, 7) is 0. The van der Waals surface area contributed by atoms with Crippen LogP contribution in [0.15, 0.2) is 0 Å². The monoisotopic (exact) mass is 181 g/mol. The number of carbonyl (C=O) groups is 1. The molecule has 1 aliphatic rings. The number of alkyl halides is 3. The Balaban J connectivity index is 2.57. The number of Topliss-reactive ketones (excluding diaryl/α,β-unsaturated/α-hetero) is 1. The molecule has 0 saturated heterocycles. The predicted molar refractivity (Wildman–Crippen MR) is 36.4 cm³/mol. The fraction of sp³-hybridized carbons (Fsp3) is 0.857. The van der Waals surface area contributed by atoms with Gasteiger partial charge in [0.2, 0.25) is 0 Å². The minimum atomic E-state index is -4.20. The smallest absolute Gasteiger partial charge is 0.321 e. The molecule has 5 heteroatoms. The summed E-state index contributed by atoms with van der Waals surface area (Å²) in [7, 11) is 0. The third-order valence-corrected chi connectivity index (χ3v) is 2.15. The van der Waals surface area contributed by atoms with Crippen LogP contribution < -0.4 is 5.73 Å². The lowest BCUT2D eigenvalue weighted by atomic mass is 9.85. The lowest BCUT2D eigenvalue weighted by Crippen LogP contribution is -2.41. The van der Waals surface area contributed by atoms with Gasteiger partial charge >= 0.3 is 6.18 Å². The SMILES string of the molecule is N[C@H]1C[C@H](C(F)(F)F)CCC1=O. The van der Waals surface area contributed by atoms with Crippen molar-refractivity contribution in [1.82, 2.24) is 0 Å². The van der Waals surface area contributed by atoms with Crippen LogP contribution in [0.5, 0.6) is 0 Å². The van der Waals surface area contributed by atoms with Gasteiger partial charge in [-0.05, 0) is 12.8 Å². The number of rotatable bonds is 0. The number of halogens is 3. The highest BCUT2D eigenvalue weighted by molar-refractivity contribution is 5.84. The Hall–Kier alpha value is -0.580. The minimum Gasteiger partial charge on any atom is -0.321 e. The zero-order valence-corrected chi connectivity index (χ0v) is 6.40. The molecule has 1 fully saturated rings. The van der Waals surface area contributed by atoms with Gasteiger partial charge in [0, 0.05) is 6.42 Å². The molecule has 0 radical (unpaired) electrons. The first-order chi connectivity index (χ1) is 5.41. The Morgan fingerprint density at radius 2 is 2.00 bits per heavy atom. The van der Waals surface area contributed by atoms with E-state index in [1.165, 1.54) is 0 Å². The maximum absolute atomic E-state index is 12.1. The highest BCUT2D eigenvalue weighted by Crippen LogP contribution is 2.35. The van der Waals surface area contributed by atoms with E-state index in [9.17, 15) is 18.0 Å². The van der Waals surface area contributed by atoms with Gasteiger partial charge in [0.15, 0.2) is 0 Å². The largest absolute Gasteiger partial charge is 0.391 e. The van der Waals surface area contributed by atoms with Crippen molar-refractivity contribution >= 4 is 5.78 Å². The summed E-state index contributed by atoms with van der Waals surface area (Å²) in [4.78, 5) is 10.8. The second kappa shape index (κ2) is 3.05. The van der Waals surface area contributed by atoms with Crippen LogP contribution >= 0.6 is 0 Å². The highest BCUT2D eigenvalue weighted by atomic mass is 19.4. The maximum Gasteiger partial charge on any atom is 0.391 e. The Morgan fingerprint density at radius 1 is 1.42 bits per heavy atom. The number of hydrogen-bond acceptors (Lipinski definition) is 2. The Kier molecular flexibility index (Phi) is 2.41. The standard InChI is InChI=1S/C7H10F3NO/c8-7(9,10)4-1-2-6(12)5(11)3-4/h4-5H,1-3,11H2/t4-,5+/m1/s1. The van der Waals surface area contributed by atoms with Gasteiger partial charge in [-0.25, -0.2) is 0 Å². The van der Waals surface area contributed by atoms with E-state index < -0.39 is 18.1 Å². The van der Waals surface area contributed by atoms with Crippen LogP contribution in [0.25, 0.3) is 0 Å². The Bertz CT molecular complexity index is 190. The van der Waals surface area contributed by atoms with E-state index >= 15 is 0 Å². The van der Waals surface area contributed by atoms with Crippen molar-refractivity contribution in [2.45, 2.75) is 31.5 Å². The predicted octanol–water partition coefficient (Wildman–Crippen LogP) is 1.25. The Morgan fingerprint density at radius 3 is 2.42 bits per heavy atom. The third kappa shape index (κ3) is 1.97. The summed E-state index contributed by atoms with van der Waals surface area (Å²) in [5.41, 5.74) is 5.22. The van der Waals surface area contributed by atoms with E-state index in [-0.39, 0.29) is 25.0 Å². The van der Waals surface area contributed by atoms with Gasteiger partial charge in [0.25, 0.3) is 0 Å². The second-order valence-electron chi connectivity index (χ2n) is 3.09. The van der Waals surface area contributed by atoms with Crippen LogP contribution in [0.2, 0.25) is 0 Å². The summed E-state index contributed by atoms with van der Waals surface area (Å²) in [6.07, 6.45) is -4.58. The topological polar surface area (TPSA) is 43.1 Å². The molecule has 0 aliphatic heterocycles. The third-order valence-electron chi connectivity index (χ3n) is 2.15. The number of hydrogen-bond donors (Lipinski definition) is 1. The van der Waals surface area contributed by atoms with Gasteiger partial charge in [-0.1, -0.05) is 0 Å². The molecule has 1 saturated carbocycles. The lowest BCUT2D eigenvalue weighted by Gasteiger charge is -2.27. The molecule has 0 aromatic carbocycles. The molecule has 12 heavy (non-hydrogen) atoms. The molecule has 0 aromatic heterocycles. The normalized spacial score (nSPS) is 32.2. The summed E-state index contributed by atoms with van der Waals surface area (Å²) < 4.78 is 36.2.